The van der Waals surface area contributed by atoms with Crippen LogP contribution in [-0.2, 0) is 11.4 Å². The molecule has 1 N–H and O–H groups in total. The van der Waals surface area contributed by atoms with Crippen molar-refractivity contribution in [3.63, 3.8) is 0 Å². The molecule has 5 nitrogen and oxygen atoms in total. The van der Waals surface area contributed by atoms with E-state index in [1.807, 2.05) is 0 Å². The molecule has 0 unspecified atom stereocenters. The quantitative estimate of drug-likeness (QED) is 0.851. The van der Waals surface area contributed by atoms with E-state index in [0.717, 1.165) is 16.1 Å². The Labute approximate surface area is 124 Å². The highest BCUT2D eigenvalue weighted by atomic mass is 79.9. The number of hydrogen-bond donors (Lipinski definition) is 1. The first-order chi connectivity index (χ1) is 9.65. The van der Waals surface area contributed by atoms with Crippen LogP contribution in [0.25, 0.3) is 6.08 Å². The summed E-state index contributed by atoms with van der Waals surface area (Å²) in [5.41, 5.74) is 0.721. The Balaban J connectivity index is 2.09. The number of aliphatic carboxylic acids is 1. The van der Waals surface area contributed by atoms with Gasteiger partial charge in [0.1, 0.15) is 12.4 Å². The van der Waals surface area contributed by atoms with Crippen molar-refractivity contribution in [3.05, 3.63) is 58.6 Å². The molecule has 0 aliphatic carbocycles. The van der Waals surface area contributed by atoms with Gasteiger partial charge in [-0.2, -0.15) is 0 Å². The van der Waals surface area contributed by atoms with Gasteiger partial charge < -0.3 is 9.84 Å². The van der Waals surface area contributed by atoms with Crippen LogP contribution >= 0.6 is 15.9 Å². The normalized spacial score (nSPS) is 10.7. The molecule has 2 aromatic rings. The van der Waals surface area contributed by atoms with Gasteiger partial charge in [-0.1, -0.05) is 15.9 Å². The molecule has 0 saturated heterocycles. The van der Waals surface area contributed by atoms with Gasteiger partial charge in [-0.25, -0.2) is 14.8 Å². The molecule has 0 aliphatic heterocycles. The summed E-state index contributed by atoms with van der Waals surface area (Å²) in [5.74, 6) is 0.199. The van der Waals surface area contributed by atoms with Gasteiger partial charge in [-0.15, -0.1) is 0 Å². The predicted octanol–water partition coefficient (Wildman–Crippen LogP) is 2.92. The van der Waals surface area contributed by atoms with Crippen LogP contribution in [0.15, 0.2) is 47.2 Å². The number of aromatic nitrogens is 2. The number of nitrogens with zero attached hydrogens (tertiary/aromatic N) is 2. The van der Waals surface area contributed by atoms with Crippen LogP contribution in [0, 0.1) is 0 Å². The van der Waals surface area contributed by atoms with Crippen molar-refractivity contribution in [2.45, 2.75) is 6.61 Å². The average molecular weight is 335 g/mol. The van der Waals surface area contributed by atoms with E-state index in [1.165, 1.54) is 6.08 Å². The second kappa shape index (κ2) is 6.81. The first-order valence-corrected chi connectivity index (χ1v) is 6.54. The summed E-state index contributed by atoms with van der Waals surface area (Å²) < 4.78 is 6.36. The van der Waals surface area contributed by atoms with Gasteiger partial charge in [0.15, 0.2) is 5.82 Å². The van der Waals surface area contributed by atoms with Crippen LogP contribution in [0.4, 0.5) is 0 Å². The molecule has 1 heterocycles. The van der Waals surface area contributed by atoms with E-state index >= 15 is 0 Å². The molecule has 102 valence electrons. The lowest BCUT2D eigenvalue weighted by atomic mass is 10.2. The molecule has 0 radical (unpaired) electrons. The number of hydrogen-bond acceptors (Lipinski definition) is 4. The topological polar surface area (TPSA) is 72.3 Å². The van der Waals surface area contributed by atoms with Crippen LogP contribution in [0.3, 0.4) is 0 Å². The van der Waals surface area contributed by atoms with E-state index in [4.69, 9.17) is 9.84 Å². The number of halogens is 1. The fourth-order valence-electron chi connectivity index (χ4n) is 1.45. The Morgan fingerprint density at radius 3 is 2.80 bits per heavy atom. The van der Waals surface area contributed by atoms with Crippen LogP contribution in [-0.4, -0.2) is 21.0 Å². The summed E-state index contributed by atoms with van der Waals surface area (Å²) in [6.07, 6.45) is 5.87. The SMILES string of the molecule is O=C(O)/C=C/c1cc(OCc2ncccn2)ccc1Br. The number of carbonyl (C=O) groups is 1. The van der Waals surface area contributed by atoms with Gasteiger partial charge in [0, 0.05) is 22.9 Å². The van der Waals surface area contributed by atoms with Gasteiger partial charge in [-0.05, 0) is 35.9 Å². The van der Waals surface area contributed by atoms with E-state index in [9.17, 15) is 4.79 Å². The molecule has 1 aromatic carbocycles. The summed E-state index contributed by atoms with van der Waals surface area (Å²) >= 11 is 3.35. The van der Waals surface area contributed by atoms with E-state index in [-0.39, 0.29) is 6.61 Å². The summed E-state index contributed by atoms with van der Waals surface area (Å²) in [6.45, 7) is 0.255. The minimum Gasteiger partial charge on any atom is -0.486 e. The van der Waals surface area contributed by atoms with Crippen LogP contribution in [0.5, 0.6) is 5.75 Å². The lowest BCUT2D eigenvalue weighted by Gasteiger charge is -2.07. The molecular weight excluding hydrogens is 324 g/mol. The predicted molar refractivity (Wildman–Crippen MR) is 77.2 cm³/mol. The van der Waals surface area contributed by atoms with Gasteiger partial charge >= 0.3 is 5.97 Å². The number of ether oxygens (including phenoxy) is 1. The Bertz CT molecular complexity index is 630. The first-order valence-electron chi connectivity index (χ1n) is 5.74. The summed E-state index contributed by atoms with van der Waals surface area (Å²) in [4.78, 5) is 18.6. The smallest absolute Gasteiger partial charge is 0.328 e. The van der Waals surface area contributed by atoms with Crippen LogP contribution in [0.2, 0.25) is 0 Å². The first kappa shape index (κ1) is 14.2. The van der Waals surface area contributed by atoms with Crippen molar-refractivity contribution in [2.75, 3.05) is 0 Å². The number of rotatable bonds is 5. The molecule has 2 rings (SSSR count). The zero-order chi connectivity index (χ0) is 14.4. The lowest BCUT2D eigenvalue weighted by molar-refractivity contribution is -0.131. The van der Waals surface area contributed by atoms with Gasteiger partial charge in [0.25, 0.3) is 0 Å². The third kappa shape index (κ3) is 4.17. The maximum atomic E-state index is 10.5. The zero-order valence-corrected chi connectivity index (χ0v) is 11.9. The van der Waals surface area contributed by atoms with Crippen molar-refractivity contribution in [1.29, 1.82) is 0 Å². The maximum Gasteiger partial charge on any atom is 0.328 e. The average Bonchev–Trinajstić information content (AvgIpc) is 2.46. The van der Waals surface area contributed by atoms with Crippen molar-refractivity contribution in [1.82, 2.24) is 9.97 Å². The lowest BCUT2D eigenvalue weighted by Crippen LogP contribution is -2.00. The van der Waals surface area contributed by atoms with Crippen molar-refractivity contribution >= 4 is 28.0 Å². The molecule has 0 bridgehead atoms. The molecule has 0 amide bonds. The Kier molecular flexibility index (Phi) is 4.84. The van der Waals surface area contributed by atoms with E-state index in [0.29, 0.717) is 11.6 Å². The fourth-order valence-corrected chi connectivity index (χ4v) is 1.83. The molecule has 20 heavy (non-hydrogen) atoms. The van der Waals surface area contributed by atoms with Crippen molar-refractivity contribution in [2.24, 2.45) is 0 Å². The number of carboxylic acids is 1. The highest BCUT2D eigenvalue weighted by Crippen LogP contribution is 2.24. The standard InChI is InChI=1S/C14H11BrN2O3/c15-12-4-3-11(8-10(12)2-5-14(18)19)20-9-13-16-6-1-7-17-13/h1-8H,9H2,(H,18,19)/b5-2+. The van der Waals surface area contributed by atoms with E-state index in [1.54, 1.807) is 36.7 Å². The molecule has 0 aliphatic rings. The van der Waals surface area contributed by atoms with Gasteiger partial charge in [0.05, 0.1) is 0 Å². The molecule has 1 aromatic heterocycles. The van der Waals surface area contributed by atoms with E-state index < -0.39 is 5.97 Å². The minimum atomic E-state index is -0.999. The number of benzene rings is 1. The molecular formula is C14H11BrN2O3. The van der Waals surface area contributed by atoms with E-state index in [2.05, 4.69) is 25.9 Å². The Hall–Kier alpha value is -2.21. The Morgan fingerprint density at radius 2 is 2.10 bits per heavy atom. The molecule has 0 saturated carbocycles. The molecule has 6 heteroatoms. The van der Waals surface area contributed by atoms with Crippen molar-refractivity contribution in [3.8, 4) is 5.75 Å². The third-order valence-electron chi connectivity index (χ3n) is 2.36. The van der Waals surface area contributed by atoms with Crippen LogP contribution in [0.1, 0.15) is 11.4 Å². The second-order valence-corrected chi connectivity index (χ2v) is 4.66. The summed E-state index contributed by atoms with van der Waals surface area (Å²) in [7, 11) is 0. The molecule has 0 fully saturated rings. The summed E-state index contributed by atoms with van der Waals surface area (Å²) in [5, 5.41) is 8.64. The Morgan fingerprint density at radius 1 is 1.35 bits per heavy atom. The summed E-state index contributed by atoms with van der Waals surface area (Å²) in [6, 6.07) is 7.05. The number of carboxylic acid groups (broad SMARTS) is 1. The van der Waals surface area contributed by atoms with Gasteiger partial charge in [-0.3, -0.25) is 0 Å². The molecule has 0 atom stereocenters. The second-order valence-electron chi connectivity index (χ2n) is 3.81. The monoisotopic (exact) mass is 334 g/mol. The highest BCUT2D eigenvalue weighted by Gasteiger charge is 2.02. The van der Waals surface area contributed by atoms with Crippen molar-refractivity contribution < 1.29 is 14.6 Å². The maximum absolute atomic E-state index is 10.5. The van der Waals surface area contributed by atoms with Crippen LogP contribution < -0.4 is 4.74 Å². The third-order valence-corrected chi connectivity index (χ3v) is 3.08. The largest absolute Gasteiger partial charge is 0.486 e. The fraction of sp³-hybridized carbons (Fsp3) is 0.0714. The minimum absolute atomic E-state index is 0.255. The molecule has 0 spiro atoms. The zero-order valence-electron chi connectivity index (χ0n) is 10.4. The van der Waals surface area contributed by atoms with Gasteiger partial charge in [0.2, 0.25) is 0 Å². The highest BCUT2D eigenvalue weighted by molar-refractivity contribution is 9.10.